The standard InChI is InChI=1S/C37H42Cl2N8O4/c1-46-30-11-15-47(20-22-12-16-51-17-13-22)21-29(30)43-35(46)36(49)44-28-5-3-4-26(32(28)38)34-33(39)25(10-14-41-34)27-8-6-23(37(45-27)50-2)18-40-19-24-7-9-31(48)42-24/h3-6,8,10,14,22,24,40H,7,9,11-13,15-21H2,1-2H3,(H,42,48)(H,44,49)/t24-/m0/s1. The molecular weight excluding hydrogens is 691 g/mol. The van der Waals surface area contributed by atoms with E-state index in [1.807, 2.05) is 29.8 Å². The second-order valence-corrected chi connectivity index (χ2v) is 14.1. The fourth-order valence-electron chi connectivity index (χ4n) is 7.20. The first kappa shape index (κ1) is 35.3. The molecule has 51 heavy (non-hydrogen) atoms. The maximum absolute atomic E-state index is 13.6. The molecule has 0 unspecified atom stereocenters. The number of amides is 2. The number of anilines is 1. The molecule has 6 heterocycles. The van der Waals surface area contributed by atoms with Crippen molar-refractivity contribution < 1.29 is 19.1 Å². The second kappa shape index (κ2) is 15.7. The molecule has 7 rings (SSSR count). The number of nitrogens with one attached hydrogen (secondary N) is 3. The first-order valence-corrected chi connectivity index (χ1v) is 18.2. The number of aromatic nitrogens is 4. The highest BCUT2D eigenvalue weighted by Crippen LogP contribution is 2.40. The Hall–Kier alpha value is -4.07. The van der Waals surface area contributed by atoms with Gasteiger partial charge in [-0.3, -0.25) is 19.5 Å². The molecule has 12 nitrogen and oxygen atoms in total. The minimum absolute atomic E-state index is 0.0904. The number of carbonyl (C=O) groups is 2. The SMILES string of the molecule is COc1nc(-c2ccnc(-c3cccc(NC(=O)c4nc5c(n4C)CCN(CC4CCOCC4)C5)c3Cl)c2Cl)ccc1CNC[C@@H]1CCC(=O)N1. The minimum Gasteiger partial charge on any atom is -0.481 e. The summed E-state index contributed by atoms with van der Waals surface area (Å²) < 4.78 is 13.1. The van der Waals surface area contributed by atoms with Gasteiger partial charge < -0.3 is 30.0 Å². The first-order valence-electron chi connectivity index (χ1n) is 17.4. The highest BCUT2D eigenvalue weighted by molar-refractivity contribution is 6.39. The molecule has 0 bridgehead atoms. The Morgan fingerprint density at radius 1 is 1.06 bits per heavy atom. The number of carbonyl (C=O) groups excluding carboxylic acids is 2. The van der Waals surface area contributed by atoms with E-state index in [0.29, 0.717) is 75.4 Å². The van der Waals surface area contributed by atoms with Crippen LogP contribution in [-0.4, -0.2) is 82.2 Å². The van der Waals surface area contributed by atoms with Crippen LogP contribution in [-0.2, 0) is 36.1 Å². The normalized spacial score (nSPS) is 18.0. The van der Waals surface area contributed by atoms with E-state index in [1.165, 1.54) is 0 Å². The molecule has 268 valence electrons. The molecule has 3 aliphatic heterocycles. The van der Waals surface area contributed by atoms with Gasteiger partial charge >= 0.3 is 0 Å². The summed E-state index contributed by atoms with van der Waals surface area (Å²) in [6.45, 7) is 5.55. The van der Waals surface area contributed by atoms with Gasteiger partial charge in [-0.05, 0) is 43.4 Å². The molecule has 0 aliphatic carbocycles. The quantitative estimate of drug-likeness (QED) is 0.189. The Balaban J connectivity index is 1.06. The third kappa shape index (κ3) is 7.75. The lowest BCUT2D eigenvalue weighted by atomic mass is 9.98. The van der Waals surface area contributed by atoms with Gasteiger partial charge in [-0.1, -0.05) is 41.4 Å². The van der Waals surface area contributed by atoms with Crippen LogP contribution in [0, 0.1) is 5.92 Å². The predicted molar refractivity (Wildman–Crippen MR) is 196 cm³/mol. The van der Waals surface area contributed by atoms with Crippen molar-refractivity contribution in [2.24, 2.45) is 13.0 Å². The van der Waals surface area contributed by atoms with Crippen molar-refractivity contribution in [3.05, 3.63) is 75.4 Å². The molecule has 3 aliphatic rings. The summed E-state index contributed by atoms with van der Waals surface area (Å²) >= 11 is 13.9. The van der Waals surface area contributed by atoms with Crippen LogP contribution in [0.3, 0.4) is 0 Å². The van der Waals surface area contributed by atoms with Gasteiger partial charge in [0, 0.05) is 100 Å². The van der Waals surface area contributed by atoms with Crippen LogP contribution in [0.1, 0.15) is 53.3 Å². The molecular formula is C37H42Cl2N8O4. The Morgan fingerprint density at radius 2 is 1.90 bits per heavy atom. The number of fused-ring (bicyclic) bond motifs is 1. The van der Waals surface area contributed by atoms with Gasteiger partial charge in [0.15, 0.2) is 5.82 Å². The molecule has 3 N–H and O–H groups in total. The Labute approximate surface area is 307 Å². The van der Waals surface area contributed by atoms with Gasteiger partial charge in [0.1, 0.15) is 0 Å². The van der Waals surface area contributed by atoms with E-state index >= 15 is 0 Å². The second-order valence-electron chi connectivity index (χ2n) is 13.4. The third-order valence-electron chi connectivity index (χ3n) is 9.99. The van der Waals surface area contributed by atoms with E-state index in [9.17, 15) is 9.59 Å². The van der Waals surface area contributed by atoms with Crippen molar-refractivity contribution in [3.8, 4) is 28.4 Å². The van der Waals surface area contributed by atoms with Crippen LogP contribution < -0.4 is 20.7 Å². The Morgan fingerprint density at radius 3 is 2.69 bits per heavy atom. The number of rotatable bonds is 11. The molecule has 14 heteroatoms. The van der Waals surface area contributed by atoms with Crippen molar-refractivity contribution in [3.63, 3.8) is 0 Å². The average Bonchev–Trinajstić information content (AvgIpc) is 3.71. The van der Waals surface area contributed by atoms with Crippen molar-refractivity contribution >= 4 is 40.7 Å². The van der Waals surface area contributed by atoms with E-state index in [1.54, 1.807) is 31.5 Å². The summed E-state index contributed by atoms with van der Waals surface area (Å²) in [5.41, 5.74) is 5.63. The number of pyridine rings is 2. The van der Waals surface area contributed by atoms with Crippen LogP contribution in [0.5, 0.6) is 5.88 Å². The lowest BCUT2D eigenvalue weighted by molar-refractivity contribution is -0.119. The number of hydrogen-bond acceptors (Lipinski definition) is 9. The van der Waals surface area contributed by atoms with Gasteiger partial charge in [-0.25, -0.2) is 9.97 Å². The fourth-order valence-corrected chi connectivity index (χ4v) is 7.77. The molecule has 4 aromatic rings. The summed E-state index contributed by atoms with van der Waals surface area (Å²) in [5.74, 6) is 1.20. The van der Waals surface area contributed by atoms with Gasteiger partial charge in [0.2, 0.25) is 11.8 Å². The smallest absolute Gasteiger partial charge is 0.291 e. The zero-order valence-corrected chi connectivity index (χ0v) is 30.3. The molecule has 1 aromatic carbocycles. The van der Waals surface area contributed by atoms with E-state index in [4.69, 9.17) is 42.6 Å². The third-order valence-corrected chi connectivity index (χ3v) is 10.8. The monoisotopic (exact) mass is 732 g/mol. The van der Waals surface area contributed by atoms with Crippen LogP contribution >= 0.6 is 23.2 Å². The summed E-state index contributed by atoms with van der Waals surface area (Å²) in [6.07, 6.45) is 6.06. The Bertz CT molecular complexity index is 1930. The zero-order valence-electron chi connectivity index (χ0n) is 28.8. The molecule has 3 aromatic heterocycles. The topological polar surface area (TPSA) is 136 Å². The number of nitrogens with zero attached hydrogens (tertiary/aromatic N) is 5. The maximum atomic E-state index is 13.6. The number of ether oxygens (including phenoxy) is 2. The molecule has 0 saturated carbocycles. The fraction of sp³-hybridized carbons (Fsp3) is 0.432. The number of imidazole rings is 1. The minimum atomic E-state index is -0.339. The van der Waals surface area contributed by atoms with Crippen molar-refractivity contribution in [2.45, 2.75) is 51.2 Å². The molecule has 2 amide bonds. The summed E-state index contributed by atoms with van der Waals surface area (Å²) in [4.78, 5) is 41.7. The van der Waals surface area contributed by atoms with E-state index < -0.39 is 0 Å². The predicted octanol–water partition coefficient (Wildman–Crippen LogP) is 5.26. The molecule has 2 saturated heterocycles. The van der Waals surface area contributed by atoms with Crippen molar-refractivity contribution in [2.75, 3.05) is 45.3 Å². The largest absolute Gasteiger partial charge is 0.481 e. The highest BCUT2D eigenvalue weighted by atomic mass is 35.5. The van der Waals surface area contributed by atoms with Gasteiger partial charge in [-0.15, -0.1) is 0 Å². The van der Waals surface area contributed by atoms with Crippen molar-refractivity contribution in [1.29, 1.82) is 0 Å². The van der Waals surface area contributed by atoms with Gasteiger partial charge in [-0.2, -0.15) is 0 Å². The van der Waals surface area contributed by atoms with E-state index in [-0.39, 0.29) is 17.9 Å². The number of halogens is 2. The highest BCUT2D eigenvalue weighted by Gasteiger charge is 2.28. The summed E-state index contributed by atoms with van der Waals surface area (Å²) in [5, 5.41) is 10.00. The van der Waals surface area contributed by atoms with Crippen LogP contribution in [0.15, 0.2) is 42.6 Å². The molecule has 0 radical (unpaired) electrons. The molecule has 0 spiro atoms. The maximum Gasteiger partial charge on any atom is 0.291 e. The average molecular weight is 734 g/mol. The lowest BCUT2D eigenvalue weighted by Crippen LogP contribution is -2.36. The number of hydrogen-bond donors (Lipinski definition) is 3. The lowest BCUT2D eigenvalue weighted by Gasteiger charge is -2.31. The van der Waals surface area contributed by atoms with Gasteiger partial charge in [0.25, 0.3) is 5.91 Å². The molecule has 1 atom stereocenters. The first-order chi connectivity index (χ1) is 24.8. The summed E-state index contributed by atoms with van der Waals surface area (Å²) in [6, 6.07) is 11.1. The summed E-state index contributed by atoms with van der Waals surface area (Å²) in [7, 11) is 3.47. The Kier molecular flexibility index (Phi) is 10.9. The zero-order chi connectivity index (χ0) is 35.5. The number of benzene rings is 1. The van der Waals surface area contributed by atoms with E-state index in [2.05, 4.69) is 25.8 Å². The van der Waals surface area contributed by atoms with Crippen LogP contribution in [0.4, 0.5) is 5.69 Å². The van der Waals surface area contributed by atoms with Crippen molar-refractivity contribution in [1.82, 2.24) is 35.1 Å². The van der Waals surface area contributed by atoms with Crippen LogP contribution in [0.25, 0.3) is 22.5 Å². The molecule has 2 fully saturated rings. The number of methoxy groups -OCH3 is 1. The van der Waals surface area contributed by atoms with Crippen LogP contribution in [0.2, 0.25) is 10.0 Å². The van der Waals surface area contributed by atoms with E-state index in [0.717, 1.165) is 75.5 Å². The van der Waals surface area contributed by atoms with Gasteiger partial charge in [0.05, 0.1) is 39.9 Å².